The van der Waals surface area contributed by atoms with E-state index in [9.17, 15) is 0 Å². The van der Waals surface area contributed by atoms with E-state index in [1.165, 1.54) is 16.7 Å². The van der Waals surface area contributed by atoms with Crippen molar-refractivity contribution >= 4 is 7.28 Å². The highest BCUT2D eigenvalue weighted by atomic mass is 14.1. The van der Waals surface area contributed by atoms with Crippen molar-refractivity contribution in [3.05, 3.63) is 60.2 Å². The molecule has 0 aromatic heterocycles. The lowest BCUT2D eigenvalue weighted by atomic mass is 9.53. The molecule has 0 N–H and O–H groups in total. The Balaban J connectivity index is 2.31. The summed E-state index contributed by atoms with van der Waals surface area (Å²) in [4.78, 5) is 0. The lowest BCUT2D eigenvalue weighted by molar-refractivity contribution is 0.753. The summed E-state index contributed by atoms with van der Waals surface area (Å²) < 4.78 is 0. The molecule has 0 amide bonds. The van der Waals surface area contributed by atoms with Gasteiger partial charge in [-0.1, -0.05) is 74.0 Å². The number of hydrogen-bond acceptors (Lipinski definition) is 0. The molecule has 0 nitrogen and oxygen atoms in total. The van der Waals surface area contributed by atoms with Crippen molar-refractivity contribution in [1.82, 2.24) is 0 Å². The smallest absolute Gasteiger partial charge is 0.0184 e. The molecule has 2 aromatic carbocycles. The van der Waals surface area contributed by atoms with E-state index in [1.54, 1.807) is 0 Å². The van der Waals surface area contributed by atoms with Crippen molar-refractivity contribution in [2.75, 3.05) is 0 Å². The van der Waals surface area contributed by atoms with Crippen molar-refractivity contribution in [3.63, 3.8) is 0 Å². The van der Waals surface area contributed by atoms with Crippen LogP contribution in [0.15, 0.2) is 54.6 Å². The Kier molecular flexibility index (Phi) is 3.37. The molecule has 17 heavy (non-hydrogen) atoms. The van der Waals surface area contributed by atoms with Gasteiger partial charge < -0.3 is 0 Å². The first-order valence-corrected chi connectivity index (χ1v) is 6.73. The minimum atomic E-state index is 0.0881. The molecule has 0 saturated heterocycles. The quantitative estimate of drug-likeness (QED) is 0.694. The molecule has 0 unspecified atom stereocenters. The summed E-state index contributed by atoms with van der Waals surface area (Å²) in [7, 11) is 0.0881. The average Bonchev–Trinajstić information content (AvgIpc) is 2.40. The van der Waals surface area contributed by atoms with Crippen molar-refractivity contribution in [3.8, 4) is 11.1 Å². The summed E-state index contributed by atoms with van der Waals surface area (Å²) in [6.45, 7) is 7.07. The largest absolute Gasteiger partial charge is 0.195 e. The molecule has 0 aliphatic heterocycles. The third-order valence-electron chi connectivity index (χ3n) is 4.11. The summed E-state index contributed by atoms with van der Waals surface area (Å²) in [5.74, 6) is 0. The molecule has 2 aromatic rings. The molecule has 0 spiro atoms. The number of benzene rings is 2. The van der Waals surface area contributed by atoms with Crippen LogP contribution >= 0.6 is 0 Å². The Labute approximate surface area is 105 Å². The van der Waals surface area contributed by atoms with Gasteiger partial charge in [-0.3, -0.25) is 0 Å². The van der Waals surface area contributed by atoms with Gasteiger partial charge in [0.15, 0.2) is 0 Å². The van der Waals surface area contributed by atoms with Gasteiger partial charge in [-0.05, 0) is 18.4 Å². The third-order valence-corrected chi connectivity index (χ3v) is 4.11. The van der Waals surface area contributed by atoms with Gasteiger partial charge in [0.25, 0.3) is 0 Å². The van der Waals surface area contributed by atoms with E-state index in [-0.39, 0.29) is 7.28 Å². The molecule has 0 bridgehead atoms. The van der Waals surface area contributed by atoms with Crippen LogP contribution in [-0.2, 0) is 5.31 Å². The first-order valence-electron chi connectivity index (χ1n) is 6.73. The number of rotatable bonds is 3. The van der Waals surface area contributed by atoms with E-state index in [2.05, 4.69) is 75.3 Å². The molecule has 0 saturated carbocycles. The zero-order valence-corrected chi connectivity index (χ0v) is 11.2. The highest BCUT2D eigenvalue weighted by Crippen LogP contribution is 2.25. The summed E-state index contributed by atoms with van der Waals surface area (Å²) in [5.41, 5.74) is 4.07. The second-order valence-corrected chi connectivity index (χ2v) is 5.69. The normalized spacial score (nSPS) is 11.5. The first-order chi connectivity index (χ1) is 8.13. The summed E-state index contributed by atoms with van der Waals surface area (Å²) >= 11 is 0. The van der Waals surface area contributed by atoms with Gasteiger partial charge in [-0.25, -0.2) is 0 Å². The Morgan fingerprint density at radius 1 is 0.765 bits per heavy atom. The van der Waals surface area contributed by atoms with E-state index in [4.69, 9.17) is 0 Å². The minimum Gasteiger partial charge on any atom is -0.195 e. The van der Waals surface area contributed by atoms with E-state index >= 15 is 0 Å². The van der Waals surface area contributed by atoms with E-state index in [0.717, 1.165) is 0 Å². The number of hydrogen-bond donors (Lipinski definition) is 0. The van der Waals surface area contributed by atoms with E-state index in [1.807, 2.05) is 0 Å². The molecule has 1 heteroatoms. The second kappa shape index (κ2) is 4.79. The monoisotopic (exact) mass is 223 g/mol. The highest BCUT2D eigenvalue weighted by molar-refractivity contribution is 6.38. The predicted octanol–water partition coefficient (Wildman–Crippen LogP) is 3.81. The van der Waals surface area contributed by atoms with Gasteiger partial charge in [0.2, 0.25) is 0 Å². The molecular formula is C16H20B-. The second-order valence-electron chi connectivity index (χ2n) is 5.69. The maximum absolute atomic E-state index is 2.37. The van der Waals surface area contributed by atoms with Crippen LogP contribution in [-0.4, -0.2) is 7.28 Å². The Morgan fingerprint density at radius 2 is 1.29 bits per heavy atom. The van der Waals surface area contributed by atoms with Crippen molar-refractivity contribution in [2.24, 2.45) is 0 Å². The minimum absolute atomic E-state index is 0.0881. The maximum atomic E-state index is 2.37. The molecule has 88 valence electrons. The van der Waals surface area contributed by atoms with Crippen LogP contribution in [0.1, 0.15) is 19.4 Å². The van der Waals surface area contributed by atoms with Crippen LogP contribution in [0.4, 0.5) is 0 Å². The summed E-state index contributed by atoms with van der Waals surface area (Å²) in [5, 5.41) is 0.398. The van der Waals surface area contributed by atoms with Gasteiger partial charge in [-0.15, -0.1) is 5.31 Å². The molecule has 0 aliphatic rings. The van der Waals surface area contributed by atoms with Crippen LogP contribution in [0.3, 0.4) is 0 Å². The van der Waals surface area contributed by atoms with Crippen molar-refractivity contribution in [1.29, 1.82) is 0 Å². The van der Waals surface area contributed by atoms with Crippen LogP contribution in [0.2, 0.25) is 6.82 Å². The van der Waals surface area contributed by atoms with Crippen LogP contribution < -0.4 is 0 Å². The molecule has 0 heterocycles. The van der Waals surface area contributed by atoms with Crippen LogP contribution in [0.5, 0.6) is 0 Å². The SMILES string of the molecule is C[BH2-]C(C)(C)c1ccc(-c2ccccc2)cc1. The van der Waals surface area contributed by atoms with Gasteiger partial charge in [-0.2, -0.15) is 6.82 Å². The van der Waals surface area contributed by atoms with Gasteiger partial charge in [0, 0.05) is 0 Å². The fourth-order valence-electron chi connectivity index (χ4n) is 2.08. The Hall–Kier alpha value is -1.50. The summed E-state index contributed by atoms with van der Waals surface area (Å²) in [6, 6.07) is 19.6. The predicted molar refractivity (Wildman–Crippen MR) is 79.3 cm³/mol. The standard InChI is InChI=1S/C16H20B/c1-16(2,17-3)15-11-9-14(10-12-15)13-7-5-4-6-8-13/h4-12H,17H2,1-3H3/q-1. The molecular weight excluding hydrogens is 203 g/mol. The molecule has 0 atom stereocenters. The van der Waals surface area contributed by atoms with Gasteiger partial charge >= 0.3 is 0 Å². The maximum Gasteiger partial charge on any atom is -0.0184 e. The Morgan fingerprint density at radius 3 is 1.82 bits per heavy atom. The fraction of sp³-hybridized carbons (Fsp3) is 0.250. The zero-order chi connectivity index (χ0) is 12.3. The average molecular weight is 223 g/mol. The van der Waals surface area contributed by atoms with E-state index < -0.39 is 0 Å². The molecule has 0 fully saturated rings. The molecule has 0 radical (unpaired) electrons. The molecule has 2 rings (SSSR count). The summed E-state index contributed by atoms with van der Waals surface area (Å²) in [6.07, 6.45) is 0. The first kappa shape index (κ1) is 12.0. The molecule has 0 aliphatic carbocycles. The fourth-order valence-corrected chi connectivity index (χ4v) is 2.08. The highest BCUT2D eigenvalue weighted by Gasteiger charge is 2.11. The van der Waals surface area contributed by atoms with Crippen molar-refractivity contribution in [2.45, 2.75) is 26.0 Å². The lowest BCUT2D eigenvalue weighted by Gasteiger charge is -2.29. The third kappa shape index (κ3) is 2.61. The van der Waals surface area contributed by atoms with Crippen molar-refractivity contribution < 1.29 is 0 Å². The lowest BCUT2D eigenvalue weighted by Crippen LogP contribution is -2.23. The topological polar surface area (TPSA) is 0 Å². The zero-order valence-electron chi connectivity index (χ0n) is 11.2. The van der Waals surface area contributed by atoms with Gasteiger partial charge in [0.1, 0.15) is 0 Å². The Bertz CT molecular complexity index is 469. The van der Waals surface area contributed by atoms with E-state index in [0.29, 0.717) is 5.31 Å². The van der Waals surface area contributed by atoms with Crippen LogP contribution in [0.25, 0.3) is 11.1 Å². The van der Waals surface area contributed by atoms with Crippen LogP contribution in [0, 0.1) is 0 Å². The van der Waals surface area contributed by atoms with Gasteiger partial charge in [0.05, 0.1) is 0 Å².